The largest absolute Gasteiger partial charge is 0.312 e. The minimum absolute atomic E-state index is 0.0861. The van der Waals surface area contributed by atoms with Crippen LogP contribution in [-0.2, 0) is 6.42 Å². The second-order valence-electron chi connectivity index (χ2n) is 4.36. The second-order valence-corrected chi connectivity index (χ2v) is 7.17. The van der Waals surface area contributed by atoms with Gasteiger partial charge in [-0.05, 0) is 59.6 Å². The maximum absolute atomic E-state index is 13.9. The maximum atomic E-state index is 13.9. The highest BCUT2D eigenvalue weighted by molar-refractivity contribution is 9.11. The molecule has 2 aromatic rings. The lowest BCUT2D eigenvalue weighted by molar-refractivity contribution is 0.560. The van der Waals surface area contributed by atoms with Crippen molar-refractivity contribution in [3.8, 4) is 0 Å². The molecular weight excluding hydrogens is 349 g/mol. The third-order valence-electron chi connectivity index (χ3n) is 3.02. The summed E-state index contributed by atoms with van der Waals surface area (Å²) in [5, 5.41) is 3.41. The zero-order valence-electron chi connectivity index (χ0n) is 10.6. The Kier molecular flexibility index (Phi) is 5.01. The van der Waals surface area contributed by atoms with Crippen LogP contribution in [0.4, 0.5) is 4.39 Å². The van der Waals surface area contributed by atoms with Crippen LogP contribution in [0, 0.1) is 12.7 Å². The molecule has 0 saturated carbocycles. The lowest BCUT2D eigenvalue weighted by Crippen LogP contribution is -2.18. The van der Waals surface area contributed by atoms with Gasteiger partial charge in [0, 0.05) is 10.9 Å². The van der Waals surface area contributed by atoms with Crippen molar-refractivity contribution in [1.29, 1.82) is 0 Å². The van der Waals surface area contributed by atoms with Gasteiger partial charge >= 0.3 is 0 Å². The first-order valence-corrected chi connectivity index (χ1v) is 7.87. The maximum Gasteiger partial charge on any atom is 0.145 e. The van der Waals surface area contributed by atoms with Gasteiger partial charge in [-0.3, -0.25) is 0 Å². The summed E-state index contributed by atoms with van der Waals surface area (Å²) in [7, 11) is 1.88. The van der Waals surface area contributed by atoms with Crippen LogP contribution < -0.4 is 5.32 Å². The van der Waals surface area contributed by atoms with Gasteiger partial charge < -0.3 is 5.32 Å². The van der Waals surface area contributed by atoms with Gasteiger partial charge in [0.25, 0.3) is 0 Å². The molecule has 0 aliphatic carbocycles. The van der Waals surface area contributed by atoms with Gasteiger partial charge in [-0.2, -0.15) is 0 Å². The summed E-state index contributed by atoms with van der Waals surface area (Å²) in [5.74, 6) is -0.322. The van der Waals surface area contributed by atoms with Gasteiger partial charge in [0.1, 0.15) is 5.82 Å². The zero-order chi connectivity index (χ0) is 14.0. The topological polar surface area (TPSA) is 12.0 Å². The summed E-state index contributed by atoms with van der Waals surface area (Å²) in [4.78, 5) is 1.19. The number of aryl methyl sites for hydroxylation is 1. The summed E-state index contributed by atoms with van der Waals surface area (Å²) in [5.41, 5.74) is 1.83. The Labute approximate surface area is 129 Å². The van der Waals surface area contributed by atoms with E-state index >= 15 is 0 Å². The van der Waals surface area contributed by atoms with Crippen molar-refractivity contribution in [2.24, 2.45) is 0 Å². The van der Waals surface area contributed by atoms with Crippen molar-refractivity contribution in [2.45, 2.75) is 19.4 Å². The molecule has 102 valence electrons. The Morgan fingerprint density at radius 3 is 2.79 bits per heavy atom. The molecule has 0 saturated heterocycles. The quantitative estimate of drug-likeness (QED) is 0.796. The first kappa shape index (κ1) is 15.0. The van der Waals surface area contributed by atoms with Gasteiger partial charge in [0.15, 0.2) is 0 Å². The van der Waals surface area contributed by atoms with E-state index in [9.17, 15) is 4.39 Å². The Bertz CT molecular complexity index is 565. The van der Waals surface area contributed by atoms with E-state index in [0.29, 0.717) is 12.0 Å². The zero-order valence-corrected chi connectivity index (χ0v) is 13.8. The van der Waals surface area contributed by atoms with E-state index in [4.69, 9.17) is 11.6 Å². The van der Waals surface area contributed by atoms with Crippen LogP contribution in [-0.4, -0.2) is 7.05 Å². The standard InChI is InChI=1S/C14H14BrClFNS/c1-8-6-12(19-14(8)15)11(18-2)7-9-4-3-5-10(16)13(9)17/h3-6,11,18H,7H2,1-2H3. The Balaban J connectivity index is 2.26. The van der Waals surface area contributed by atoms with Crippen molar-refractivity contribution in [2.75, 3.05) is 7.05 Å². The molecule has 5 heteroatoms. The van der Waals surface area contributed by atoms with E-state index in [1.54, 1.807) is 29.5 Å². The summed E-state index contributed by atoms with van der Waals surface area (Å²) in [6.45, 7) is 2.05. The molecule has 0 aliphatic heterocycles. The summed E-state index contributed by atoms with van der Waals surface area (Å²) >= 11 is 11.0. The van der Waals surface area contributed by atoms with E-state index in [1.165, 1.54) is 10.4 Å². The van der Waals surface area contributed by atoms with Gasteiger partial charge in [0.2, 0.25) is 0 Å². The van der Waals surface area contributed by atoms with E-state index in [2.05, 4.69) is 34.2 Å². The fourth-order valence-corrected chi connectivity index (χ4v) is 3.80. The lowest BCUT2D eigenvalue weighted by Gasteiger charge is -2.15. The SMILES string of the molecule is CNC(Cc1cccc(Cl)c1F)c1cc(C)c(Br)s1. The van der Waals surface area contributed by atoms with Gasteiger partial charge in [-0.1, -0.05) is 23.7 Å². The van der Waals surface area contributed by atoms with Crippen molar-refractivity contribution < 1.29 is 4.39 Å². The first-order chi connectivity index (χ1) is 9.02. The van der Waals surface area contributed by atoms with Crippen LogP contribution in [0.5, 0.6) is 0 Å². The molecule has 1 N–H and O–H groups in total. The number of hydrogen-bond donors (Lipinski definition) is 1. The summed E-state index contributed by atoms with van der Waals surface area (Å²) < 4.78 is 15.1. The van der Waals surface area contributed by atoms with Crippen molar-refractivity contribution in [1.82, 2.24) is 5.32 Å². The van der Waals surface area contributed by atoms with E-state index in [1.807, 2.05) is 7.05 Å². The van der Waals surface area contributed by atoms with Crippen molar-refractivity contribution in [3.05, 3.63) is 54.9 Å². The minimum Gasteiger partial charge on any atom is -0.312 e. The lowest BCUT2D eigenvalue weighted by atomic mass is 10.0. The van der Waals surface area contributed by atoms with Gasteiger partial charge in [-0.25, -0.2) is 4.39 Å². The van der Waals surface area contributed by atoms with Crippen LogP contribution in [0.1, 0.15) is 22.0 Å². The number of nitrogens with one attached hydrogen (secondary N) is 1. The Hall–Kier alpha value is -0.420. The monoisotopic (exact) mass is 361 g/mol. The predicted octanol–water partition coefficient (Wildman–Crippen LogP) is 5.11. The number of hydrogen-bond acceptors (Lipinski definition) is 2. The van der Waals surface area contributed by atoms with Crippen LogP contribution in [0.15, 0.2) is 28.1 Å². The van der Waals surface area contributed by atoms with Crippen molar-refractivity contribution >= 4 is 38.9 Å². The third-order valence-corrected chi connectivity index (χ3v) is 5.57. The highest BCUT2D eigenvalue weighted by Gasteiger charge is 2.17. The molecule has 0 bridgehead atoms. The number of halogens is 3. The molecule has 0 fully saturated rings. The van der Waals surface area contributed by atoms with E-state index in [0.717, 1.165) is 3.79 Å². The van der Waals surface area contributed by atoms with Crippen LogP contribution >= 0.6 is 38.9 Å². The van der Waals surface area contributed by atoms with Crippen LogP contribution in [0.2, 0.25) is 5.02 Å². The molecule has 1 aromatic carbocycles. The van der Waals surface area contributed by atoms with Gasteiger partial charge in [0.05, 0.1) is 8.81 Å². The second kappa shape index (κ2) is 6.35. The number of benzene rings is 1. The normalized spacial score (nSPS) is 12.7. The van der Waals surface area contributed by atoms with Gasteiger partial charge in [-0.15, -0.1) is 11.3 Å². The fourth-order valence-electron chi connectivity index (χ4n) is 1.93. The minimum atomic E-state index is -0.322. The molecule has 19 heavy (non-hydrogen) atoms. The van der Waals surface area contributed by atoms with Crippen LogP contribution in [0.25, 0.3) is 0 Å². The number of rotatable bonds is 4. The summed E-state index contributed by atoms with van der Waals surface area (Å²) in [6, 6.07) is 7.34. The number of likely N-dealkylation sites (N-methyl/N-ethyl adjacent to an activating group) is 1. The highest BCUT2D eigenvalue weighted by atomic mass is 79.9. The summed E-state index contributed by atoms with van der Waals surface area (Å²) in [6.07, 6.45) is 0.579. The Morgan fingerprint density at radius 2 is 2.21 bits per heavy atom. The molecule has 0 aliphatic rings. The molecule has 1 unspecified atom stereocenters. The van der Waals surface area contributed by atoms with E-state index < -0.39 is 0 Å². The van der Waals surface area contributed by atoms with Crippen LogP contribution in [0.3, 0.4) is 0 Å². The molecule has 2 rings (SSSR count). The van der Waals surface area contributed by atoms with Crippen molar-refractivity contribution in [3.63, 3.8) is 0 Å². The molecule has 1 aromatic heterocycles. The Morgan fingerprint density at radius 1 is 1.47 bits per heavy atom. The molecule has 0 amide bonds. The van der Waals surface area contributed by atoms with E-state index in [-0.39, 0.29) is 16.9 Å². The fraction of sp³-hybridized carbons (Fsp3) is 0.286. The molecule has 1 heterocycles. The number of thiophene rings is 1. The highest BCUT2D eigenvalue weighted by Crippen LogP contribution is 2.33. The molecule has 1 nitrogen and oxygen atoms in total. The molecular formula is C14H14BrClFNS. The third kappa shape index (κ3) is 3.37. The first-order valence-electron chi connectivity index (χ1n) is 5.89. The molecule has 1 atom stereocenters. The average Bonchev–Trinajstić information content (AvgIpc) is 2.71. The predicted molar refractivity (Wildman–Crippen MR) is 83.7 cm³/mol. The average molecular weight is 363 g/mol. The molecule has 0 spiro atoms. The molecule has 0 radical (unpaired) electrons. The smallest absolute Gasteiger partial charge is 0.145 e.